The SMILES string of the molecule is CC(C)(C)OC(=O)NC[C@H](N)c1cccc(Cl)c1. The maximum Gasteiger partial charge on any atom is 0.407 e. The van der Waals surface area contributed by atoms with Gasteiger partial charge in [-0.1, -0.05) is 23.7 Å². The number of benzene rings is 1. The molecule has 0 radical (unpaired) electrons. The number of amides is 1. The van der Waals surface area contributed by atoms with E-state index in [-0.39, 0.29) is 6.04 Å². The molecule has 0 bridgehead atoms. The fourth-order valence-electron chi connectivity index (χ4n) is 1.36. The molecular formula is C13H19ClN2O2. The van der Waals surface area contributed by atoms with E-state index in [4.69, 9.17) is 22.1 Å². The summed E-state index contributed by atoms with van der Waals surface area (Å²) in [6.45, 7) is 5.73. The zero-order valence-electron chi connectivity index (χ0n) is 10.9. The van der Waals surface area contributed by atoms with Crippen molar-refractivity contribution in [2.24, 2.45) is 5.73 Å². The van der Waals surface area contributed by atoms with E-state index in [1.165, 1.54) is 0 Å². The van der Waals surface area contributed by atoms with Gasteiger partial charge in [-0.15, -0.1) is 0 Å². The molecule has 1 rings (SSSR count). The van der Waals surface area contributed by atoms with Crippen molar-refractivity contribution >= 4 is 17.7 Å². The molecule has 0 fully saturated rings. The van der Waals surface area contributed by atoms with E-state index in [9.17, 15) is 4.79 Å². The highest BCUT2D eigenvalue weighted by molar-refractivity contribution is 6.30. The summed E-state index contributed by atoms with van der Waals surface area (Å²) in [4.78, 5) is 11.4. The lowest BCUT2D eigenvalue weighted by Crippen LogP contribution is -2.36. The van der Waals surface area contributed by atoms with Crippen molar-refractivity contribution in [3.63, 3.8) is 0 Å². The topological polar surface area (TPSA) is 64.3 Å². The van der Waals surface area contributed by atoms with Crippen LogP contribution >= 0.6 is 11.6 Å². The van der Waals surface area contributed by atoms with Gasteiger partial charge in [-0.3, -0.25) is 0 Å². The molecule has 18 heavy (non-hydrogen) atoms. The van der Waals surface area contributed by atoms with Gasteiger partial charge in [-0.25, -0.2) is 4.79 Å². The van der Waals surface area contributed by atoms with Gasteiger partial charge in [0.2, 0.25) is 0 Å². The third-order valence-electron chi connectivity index (χ3n) is 2.14. The summed E-state index contributed by atoms with van der Waals surface area (Å²) in [7, 11) is 0. The van der Waals surface area contributed by atoms with Crippen LogP contribution in [-0.4, -0.2) is 18.2 Å². The van der Waals surface area contributed by atoms with Crippen molar-refractivity contribution in [1.29, 1.82) is 0 Å². The molecule has 4 nitrogen and oxygen atoms in total. The largest absolute Gasteiger partial charge is 0.444 e. The van der Waals surface area contributed by atoms with Crippen LogP contribution in [0.2, 0.25) is 5.02 Å². The van der Waals surface area contributed by atoms with Crippen molar-refractivity contribution in [3.05, 3.63) is 34.9 Å². The molecule has 0 saturated carbocycles. The second kappa shape index (κ2) is 6.07. The number of hydrogen-bond acceptors (Lipinski definition) is 3. The van der Waals surface area contributed by atoms with Crippen LogP contribution in [0.15, 0.2) is 24.3 Å². The lowest BCUT2D eigenvalue weighted by atomic mass is 10.1. The number of alkyl carbamates (subject to hydrolysis) is 1. The van der Waals surface area contributed by atoms with E-state index in [0.29, 0.717) is 11.6 Å². The second-order valence-electron chi connectivity index (χ2n) is 5.04. The summed E-state index contributed by atoms with van der Waals surface area (Å²) in [6.07, 6.45) is -0.472. The molecule has 3 N–H and O–H groups in total. The molecular weight excluding hydrogens is 252 g/mol. The molecule has 100 valence electrons. The molecule has 1 atom stereocenters. The summed E-state index contributed by atoms with van der Waals surface area (Å²) < 4.78 is 5.12. The van der Waals surface area contributed by atoms with E-state index in [0.717, 1.165) is 5.56 Å². The number of nitrogens with two attached hydrogens (primary N) is 1. The fourth-order valence-corrected chi connectivity index (χ4v) is 1.56. The van der Waals surface area contributed by atoms with Gasteiger partial charge in [0, 0.05) is 17.6 Å². The second-order valence-corrected chi connectivity index (χ2v) is 5.48. The Hall–Kier alpha value is -1.26. The van der Waals surface area contributed by atoms with Crippen LogP contribution in [0.3, 0.4) is 0 Å². The Morgan fingerprint density at radius 1 is 1.50 bits per heavy atom. The highest BCUT2D eigenvalue weighted by Crippen LogP contribution is 2.15. The number of nitrogens with one attached hydrogen (secondary N) is 1. The van der Waals surface area contributed by atoms with Crippen LogP contribution in [0, 0.1) is 0 Å². The zero-order chi connectivity index (χ0) is 13.8. The van der Waals surface area contributed by atoms with Gasteiger partial charge in [0.25, 0.3) is 0 Å². The molecule has 5 heteroatoms. The Labute approximate surface area is 112 Å². The maximum absolute atomic E-state index is 11.4. The lowest BCUT2D eigenvalue weighted by Gasteiger charge is -2.21. The van der Waals surface area contributed by atoms with Gasteiger partial charge < -0.3 is 15.8 Å². The average molecular weight is 271 g/mol. The van der Waals surface area contributed by atoms with Crippen molar-refractivity contribution in [2.45, 2.75) is 32.4 Å². The van der Waals surface area contributed by atoms with Crippen LogP contribution in [0.5, 0.6) is 0 Å². The van der Waals surface area contributed by atoms with Crippen molar-refractivity contribution in [2.75, 3.05) is 6.54 Å². The van der Waals surface area contributed by atoms with Crippen molar-refractivity contribution in [3.8, 4) is 0 Å². The van der Waals surface area contributed by atoms with Gasteiger partial charge in [0.1, 0.15) is 5.60 Å². The molecule has 0 aliphatic carbocycles. The van der Waals surface area contributed by atoms with Crippen LogP contribution in [-0.2, 0) is 4.74 Å². The number of halogens is 1. The third kappa shape index (κ3) is 5.38. The maximum atomic E-state index is 11.4. The minimum Gasteiger partial charge on any atom is -0.444 e. The molecule has 1 amide bonds. The first-order valence-corrected chi connectivity index (χ1v) is 6.13. The first-order chi connectivity index (χ1) is 8.28. The van der Waals surface area contributed by atoms with E-state index in [2.05, 4.69) is 5.32 Å². The molecule has 1 aromatic carbocycles. The van der Waals surface area contributed by atoms with Gasteiger partial charge in [-0.2, -0.15) is 0 Å². The quantitative estimate of drug-likeness (QED) is 0.888. The lowest BCUT2D eigenvalue weighted by molar-refractivity contribution is 0.0524. The summed E-state index contributed by atoms with van der Waals surface area (Å²) >= 11 is 5.87. The fraction of sp³-hybridized carbons (Fsp3) is 0.462. The Bertz CT molecular complexity index is 416. The van der Waals surface area contributed by atoms with Gasteiger partial charge in [-0.05, 0) is 38.5 Å². The highest BCUT2D eigenvalue weighted by Gasteiger charge is 2.16. The summed E-state index contributed by atoms with van der Waals surface area (Å²) in [5, 5.41) is 3.25. The van der Waals surface area contributed by atoms with E-state index < -0.39 is 11.7 Å². The molecule has 0 heterocycles. The van der Waals surface area contributed by atoms with Crippen molar-refractivity contribution in [1.82, 2.24) is 5.32 Å². The third-order valence-corrected chi connectivity index (χ3v) is 2.38. The number of hydrogen-bond donors (Lipinski definition) is 2. The standard InChI is InChI=1S/C13H19ClN2O2/c1-13(2,3)18-12(17)16-8-11(15)9-5-4-6-10(14)7-9/h4-7,11H,8,15H2,1-3H3,(H,16,17)/t11-/m0/s1. The molecule has 0 aromatic heterocycles. The normalized spacial score (nSPS) is 12.9. The first kappa shape index (κ1) is 14.8. The van der Waals surface area contributed by atoms with Gasteiger partial charge in [0.05, 0.1) is 0 Å². The first-order valence-electron chi connectivity index (χ1n) is 5.76. The van der Waals surface area contributed by atoms with Crippen molar-refractivity contribution < 1.29 is 9.53 Å². The average Bonchev–Trinajstić information content (AvgIpc) is 2.23. The molecule has 0 saturated heterocycles. The Kier molecular flexibility index (Phi) is 4.99. The zero-order valence-corrected chi connectivity index (χ0v) is 11.6. The van der Waals surface area contributed by atoms with Crippen LogP contribution in [0.4, 0.5) is 4.79 Å². The molecule has 0 aliphatic rings. The molecule has 0 spiro atoms. The molecule has 0 unspecified atom stereocenters. The molecule has 0 aliphatic heterocycles. The number of rotatable bonds is 3. The van der Waals surface area contributed by atoms with Crippen LogP contribution in [0.25, 0.3) is 0 Å². The minimum atomic E-state index is -0.510. The summed E-state index contributed by atoms with van der Waals surface area (Å²) in [5.74, 6) is 0. The Morgan fingerprint density at radius 3 is 2.72 bits per heavy atom. The Morgan fingerprint density at radius 2 is 2.17 bits per heavy atom. The number of ether oxygens (including phenoxy) is 1. The monoisotopic (exact) mass is 270 g/mol. The van der Waals surface area contributed by atoms with Crippen LogP contribution < -0.4 is 11.1 Å². The van der Waals surface area contributed by atoms with Gasteiger partial charge >= 0.3 is 6.09 Å². The van der Waals surface area contributed by atoms with E-state index in [1.807, 2.05) is 32.9 Å². The van der Waals surface area contributed by atoms with E-state index >= 15 is 0 Å². The van der Waals surface area contributed by atoms with E-state index in [1.54, 1.807) is 12.1 Å². The number of carbonyl (C=O) groups excluding carboxylic acids is 1. The predicted octanol–water partition coefficient (Wildman–Crippen LogP) is 2.86. The summed E-state index contributed by atoms with van der Waals surface area (Å²) in [5.41, 5.74) is 6.31. The van der Waals surface area contributed by atoms with Gasteiger partial charge in [0.15, 0.2) is 0 Å². The smallest absolute Gasteiger partial charge is 0.407 e. The molecule has 1 aromatic rings. The predicted molar refractivity (Wildman–Crippen MR) is 72.6 cm³/mol. The Balaban J connectivity index is 2.46. The number of carbonyl (C=O) groups is 1. The summed E-state index contributed by atoms with van der Waals surface area (Å²) in [6, 6.07) is 6.94. The highest BCUT2D eigenvalue weighted by atomic mass is 35.5. The minimum absolute atomic E-state index is 0.301. The van der Waals surface area contributed by atoms with Crippen LogP contribution in [0.1, 0.15) is 32.4 Å².